The highest BCUT2D eigenvalue weighted by Gasteiger charge is 2.12. The first-order valence-electron chi connectivity index (χ1n) is 5.20. The summed E-state index contributed by atoms with van der Waals surface area (Å²) in [6.45, 7) is 2.01. The zero-order valence-corrected chi connectivity index (χ0v) is 10.7. The van der Waals surface area contributed by atoms with Gasteiger partial charge in [0, 0.05) is 16.0 Å². The molecule has 88 valence electrons. The second-order valence-electron chi connectivity index (χ2n) is 3.53. The number of carboxylic acid groups (broad SMARTS) is 1. The van der Waals surface area contributed by atoms with Crippen molar-refractivity contribution >= 4 is 29.3 Å². The van der Waals surface area contributed by atoms with Gasteiger partial charge in [0.25, 0.3) is 0 Å². The molecule has 1 atom stereocenters. The molecule has 0 heterocycles. The zero-order chi connectivity index (χ0) is 12.0. The molecule has 4 heteroatoms. The first-order valence-corrected chi connectivity index (χ1v) is 6.63. The maximum Gasteiger partial charge on any atom is 0.304 e. The largest absolute Gasteiger partial charge is 0.481 e. The van der Waals surface area contributed by atoms with E-state index in [9.17, 15) is 4.79 Å². The van der Waals surface area contributed by atoms with Gasteiger partial charge in [-0.1, -0.05) is 36.7 Å². The molecule has 1 N–H and O–H groups in total. The van der Waals surface area contributed by atoms with Crippen LogP contribution in [0.4, 0.5) is 0 Å². The molecule has 0 saturated carbocycles. The Morgan fingerprint density at radius 1 is 1.50 bits per heavy atom. The number of rotatable bonds is 6. The molecule has 0 saturated heterocycles. The molecule has 1 aromatic rings. The number of benzene rings is 1. The smallest absolute Gasteiger partial charge is 0.304 e. The summed E-state index contributed by atoms with van der Waals surface area (Å²) in [5, 5.41) is 9.64. The van der Waals surface area contributed by atoms with Crippen LogP contribution in [0.1, 0.15) is 25.3 Å². The number of aliphatic carboxylic acids is 1. The van der Waals surface area contributed by atoms with E-state index in [2.05, 4.69) is 0 Å². The van der Waals surface area contributed by atoms with Gasteiger partial charge in [-0.15, -0.1) is 0 Å². The molecule has 0 amide bonds. The quantitative estimate of drug-likeness (QED) is 0.843. The number of carboxylic acids is 1. The maximum atomic E-state index is 10.6. The van der Waals surface area contributed by atoms with Crippen LogP contribution in [0.15, 0.2) is 24.3 Å². The average molecular weight is 259 g/mol. The summed E-state index contributed by atoms with van der Waals surface area (Å²) in [4.78, 5) is 10.6. The van der Waals surface area contributed by atoms with Crippen LogP contribution in [0.5, 0.6) is 0 Å². The summed E-state index contributed by atoms with van der Waals surface area (Å²) < 4.78 is 0. The highest BCUT2D eigenvalue weighted by Crippen LogP contribution is 2.26. The third-order valence-corrected chi connectivity index (χ3v) is 4.11. The Hall–Kier alpha value is -0.670. The van der Waals surface area contributed by atoms with Gasteiger partial charge in [0.1, 0.15) is 0 Å². The summed E-state index contributed by atoms with van der Waals surface area (Å²) in [5.41, 5.74) is 1.07. The molecule has 0 aliphatic rings. The van der Waals surface area contributed by atoms with Crippen molar-refractivity contribution in [2.45, 2.75) is 30.8 Å². The monoisotopic (exact) mass is 258 g/mol. The van der Waals surface area contributed by atoms with E-state index in [0.717, 1.165) is 22.8 Å². The minimum atomic E-state index is -0.737. The lowest BCUT2D eigenvalue weighted by Gasteiger charge is -2.12. The Bertz CT molecular complexity index is 355. The van der Waals surface area contributed by atoms with Gasteiger partial charge in [-0.3, -0.25) is 4.79 Å². The van der Waals surface area contributed by atoms with E-state index in [1.165, 1.54) is 0 Å². The number of thioether (sulfide) groups is 1. The topological polar surface area (TPSA) is 37.3 Å². The van der Waals surface area contributed by atoms with Crippen LogP contribution in [0, 0.1) is 0 Å². The summed E-state index contributed by atoms with van der Waals surface area (Å²) in [7, 11) is 0. The molecule has 1 unspecified atom stereocenters. The van der Waals surface area contributed by atoms with Gasteiger partial charge in [-0.2, -0.15) is 11.8 Å². The van der Waals surface area contributed by atoms with Gasteiger partial charge >= 0.3 is 5.97 Å². The molecule has 0 bridgehead atoms. The van der Waals surface area contributed by atoms with Gasteiger partial charge in [0.05, 0.1) is 6.42 Å². The van der Waals surface area contributed by atoms with E-state index in [-0.39, 0.29) is 11.7 Å². The fourth-order valence-corrected chi connectivity index (χ4v) is 2.78. The maximum absolute atomic E-state index is 10.6. The predicted molar refractivity (Wildman–Crippen MR) is 69.1 cm³/mol. The van der Waals surface area contributed by atoms with Crippen molar-refractivity contribution in [2.75, 3.05) is 0 Å². The first kappa shape index (κ1) is 13.4. The third kappa shape index (κ3) is 4.45. The zero-order valence-electron chi connectivity index (χ0n) is 9.15. The normalized spacial score (nSPS) is 12.4. The molecular formula is C12H15ClO2S. The molecule has 1 aromatic carbocycles. The van der Waals surface area contributed by atoms with Crippen molar-refractivity contribution in [1.82, 2.24) is 0 Å². The second kappa shape index (κ2) is 6.81. The highest BCUT2D eigenvalue weighted by molar-refractivity contribution is 7.99. The van der Waals surface area contributed by atoms with Crippen LogP contribution >= 0.6 is 23.4 Å². The van der Waals surface area contributed by atoms with E-state index in [1.807, 2.05) is 31.2 Å². The SMILES string of the molecule is CCC(CC(=O)O)SCc1ccccc1Cl. The minimum absolute atomic E-state index is 0.161. The molecule has 0 spiro atoms. The third-order valence-electron chi connectivity index (χ3n) is 2.29. The van der Waals surface area contributed by atoms with Crippen molar-refractivity contribution in [2.24, 2.45) is 0 Å². The first-order chi connectivity index (χ1) is 7.63. The van der Waals surface area contributed by atoms with E-state index in [0.29, 0.717) is 0 Å². The highest BCUT2D eigenvalue weighted by atomic mass is 35.5. The van der Waals surface area contributed by atoms with Crippen LogP contribution in [0.3, 0.4) is 0 Å². The summed E-state index contributed by atoms with van der Waals surface area (Å²) in [5.74, 6) is 0.0318. The molecule has 0 aliphatic carbocycles. The van der Waals surface area contributed by atoms with Crippen molar-refractivity contribution in [3.63, 3.8) is 0 Å². The molecule has 1 rings (SSSR count). The predicted octanol–water partition coefficient (Wildman–Crippen LogP) is 3.83. The molecule has 0 fully saturated rings. The molecule has 0 radical (unpaired) electrons. The summed E-state index contributed by atoms with van der Waals surface area (Å²) >= 11 is 7.68. The van der Waals surface area contributed by atoms with E-state index in [4.69, 9.17) is 16.7 Å². The summed E-state index contributed by atoms with van der Waals surface area (Å²) in [6.07, 6.45) is 1.08. The van der Waals surface area contributed by atoms with Crippen LogP contribution < -0.4 is 0 Å². The molecule has 0 aromatic heterocycles. The fraction of sp³-hybridized carbons (Fsp3) is 0.417. The second-order valence-corrected chi connectivity index (χ2v) is 5.23. The molecule has 16 heavy (non-hydrogen) atoms. The summed E-state index contributed by atoms with van der Waals surface area (Å²) in [6, 6.07) is 7.67. The van der Waals surface area contributed by atoms with E-state index in [1.54, 1.807) is 11.8 Å². The number of hydrogen-bond donors (Lipinski definition) is 1. The lowest BCUT2D eigenvalue weighted by Crippen LogP contribution is -2.09. The Morgan fingerprint density at radius 2 is 2.19 bits per heavy atom. The number of hydrogen-bond acceptors (Lipinski definition) is 2. The van der Waals surface area contributed by atoms with Crippen LogP contribution in [-0.2, 0) is 10.5 Å². The lowest BCUT2D eigenvalue weighted by molar-refractivity contribution is -0.136. The average Bonchev–Trinajstić information content (AvgIpc) is 2.25. The minimum Gasteiger partial charge on any atom is -0.481 e. The van der Waals surface area contributed by atoms with Crippen LogP contribution in [-0.4, -0.2) is 16.3 Å². The van der Waals surface area contributed by atoms with Gasteiger partial charge in [-0.25, -0.2) is 0 Å². The molecule has 2 nitrogen and oxygen atoms in total. The molecule has 0 aliphatic heterocycles. The van der Waals surface area contributed by atoms with Crippen molar-refractivity contribution in [3.05, 3.63) is 34.9 Å². The number of halogens is 1. The van der Waals surface area contributed by atoms with Gasteiger partial charge in [-0.05, 0) is 18.1 Å². The standard InChI is InChI=1S/C12H15ClO2S/c1-2-10(7-12(14)15)16-8-9-5-3-4-6-11(9)13/h3-6,10H,2,7-8H2,1H3,(H,14,15). The Labute approximate surface area is 105 Å². The van der Waals surface area contributed by atoms with E-state index >= 15 is 0 Å². The van der Waals surface area contributed by atoms with E-state index < -0.39 is 5.97 Å². The van der Waals surface area contributed by atoms with Gasteiger partial charge in [0.15, 0.2) is 0 Å². The Kier molecular flexibility index (Phi) is 5.71. The Morgan fingerprint density at radius 3 is 2.75 bits per heavy atom. The van der Waals surface area contributed by atoms with Gasteiger partial charge < -0.3 is 5.11 Å². The van der Waals surface area contributed by atoms with Crippen molar-refractivity contribution in [1.29, 1.82) is 0 Å². The number of carbonyl (C=O) groups is 1. The fourth-order valence-electron chi connectivity index (χ4n) is 1.34. The lowest BCUT2D eigenvalue weighted by atomic mass is 10.2. The van der Waals surface area contributed by atoms with Crippen LogP contribution in [0.2, 0.25) is 5.02 Å². The Balaban J connectivity index is 2.49. The van der Waals surface area contributed by atoms with Gasteiger partial charge in [0.2, 0.25) is 0 Å². The van der Waals surface area contributed by atoms with Crippen LogP contribution in [0.25, 0.3) is 0 Å². The van der Waals surface area contributed by atoms with Crippen molar-refractivity contribution < 1.29 is 9.90 Å². The molecular weight excluding hydrogens is 244 g/mol. The van der Waals surface area contributed by atoms with Crippen molar-refractivity contribution in [3.8, 4) is 0 Å².